The van der Waals surface area contributed by atoms with Crippen LogP contribution in [0, 0.1) is 0 Å². The topological polar surface area (TPSA) is 131 Å². The molecule has 1 fully saturated rings. The number of hydrogen-bond acceptors (Lipinski definition) is 6. The molecule has 0 aromatic heterocycles. The number of hydroxylamine groups is 1. The summed E-state index contributed by atoms with van der Waals surface area (Å²) in [7, 11) is 0. The zero-order valence-corrected chi connectivity index (χ0v) is 19.6. The monoisotopic (exact) mass is 469 g/mol. The summed E-state index contributed by atoms with van der Waals surface area (Å²) in [5.41, 5.74) is 7.39. The number of carbonyl (C=O) groups is 3. The molecular weight excluding hydrogens is 438 g/mol. The van der Waals surface area contributed by atoms with Gasteiger partial charge in [0.1, 0.15) is 5.60 Å². The lowest BCUT2D eigenvalue weighted by atomic mass is 9.79. The summed E-state index contributed by atoms with van der Waals surface area (Å²) >= 11 is 0. The van der Waals surface area contributed by atoms with Crippen LogP contribution in [0.4, 0.5) is 4.79 Å². The van der Waals surface area contributed by atoms with Crippen LogP contribution in [-0.4, -0.2) is 46.2 Å². The first-order chi connectivity index (χ1) is 16.0. The number of hydrogen-bond donors (Lipinski definition) is 3. The van der Waals surface area contributed by atoms with E-state index in [1.165, 1.54) is 29.2 Å². The van der Waals surface area contributed by atoms with Crippen LogP contribution in [0.5, 0.6) is 0 Å². The smallest absolute Gasteiger partial charge is 0.411 e. The van der Waals surface area contributed by atoms with E-state index in [4.69, 9.17) is 15.3 Å². The average Bonchev–Trinajstić information content (AvgIpc) is 2.78. The van der Waals surface area contributed by atoms with Gasteiger partial charge in [0, 0.05) is 12.1 Å². The molecule has 0 saturated carbocycles. The van der Waals surface area contributed by atoms with Gasteiger partial charge in [0.05, 0.1) is 12.6 Å². The van der Waals surface area contributed by atoms with E-state index in [9.17, 15) is 19.5 Å². The highest BCUT2D eigenvalue weighted by atomic mass is 16.6. The average molecular weight is 470 g/mol. The largest absolute Gasteiger partial charge is 0.479 e. The van der Waals surface area contributed by atoms with Crippen molar-refractivity contribution in [3.8, 4) is 0 Å². The Bertz CT molecular complexity index is 1020. The maximum absolute atomic E-state index is 13.2. The lowest BCUT2D eigenvalue weighted by Crippen LogP contribution is -2.62. The number of amides is 2. The Labute approximate surface area is 198 Å². The Hall–Kier alpha value is -3.43. The molecule has 182 valence electrons. The van der Waals surface area contributed by atoms with Crippen molar-refractivity contribution in [2.45, 2.75) is 57.4 Å². The van der Waals surface area contributed by atoms with Crippen molar-refractivity contribution in [1.82, 2.24) is 10.4 Å². The molecule has 2 atom stereocenters. The molecule has 0 spiro atoms. The molecular formula is C25H31N3O6. The van der Waals surface area contributed by atoms with E-state index in [-0.39, 0.29) is 24.6 Å². The number of carboxylic acids is 1. The van der Waals surface area contributed by atoms with Crippen molar-refractivity contribution in [3.05, 3.63) is 71.3 Å². The molecule has 1 aliphatic heterocycles. The molecule has 9 heteroatoms. The number of aliphatic carboxylic acids is 1. The summed E-state index contributed by atoms with van der Waals surface area (Å²) in [4.78, 5) is 44.3. The number of nitrogens with one attached hydrogen (secondary N) is 1. The molecule has 1 saturated heterocycles. The minimum atomic E-state index is -1.67. The highest BCUT2D eigenvalue weighted by Crippen LogP contribution is 2.39. The Morgan fingerprint density at radius 2 is 1.76 bits per heavy atom. The number of likely N-dealkylation sites (tertiary alicyclic amines) is 1. The van der Waals surface area contributed by atoms with Crippen LogP contribution in [0.15, 0.2) is 54.6 Å². The number of nitrogens with two attached hydrogens (primary N) is 1. The van der Waals surface area contributed by atoms with Crippen molar-refractivity contribution in [3.63, 3.8) is 0 Å². The number of rotatable bonds is 7. The number of piperidine rings is 1. The lowest BCUT2D eigenvalue weighted by molar-refractivity contribution is -0.157. The quantitative estimate of drug-likeness (QED) is 0.531. The van der Waals surface area contributed by atoms with E-state index in [2.05, 4.69) is 5.48 Å². The number of carbonyl (C=O) groups excluding carboxylic acids is 2. The second kappa shape index (κ2) is 10.2. The number of nitrogens with zero attached hydrogens (tertiary/aromatic N) is 1. The summed E-state index contributed by atoms with van der Waals surface area (Å²) in [6.45, 7) is 5.53. The molecule has 3 rings (SSSR count). The van der Waals surface area contributed by atoms with Crippen LogP contribution in [0.3, 0.4) is 0 Å². The molecule has 34 heavy (non-hydrogen) atoms. The third kappa shape index (κ3) is 5.73. The van der Waals surface area contributed by atoms with Crippen LogP contribution >= 0.6 is 0 Å². The molecule has 1 heterocycles. The molecule has 4 N–H and O–H groups in total. The van der Waals surface area contributed by atoms with E-state index >= 15 is 0 Å². The SMILES string of the molecule is CC(C)(C)OC(=O)N1C[C@H](NOCc2ccccc2)CC[C@@]1(C(=O)O)c1ccc(C(N)=O)cc1. The fraction of sp³-hybridized carbons (Fsp3) is 0.400. The predicted octanol–water partition coefficient (Wildman–Crippen LogP) is 3.19. The highest BCUT2D eigenvalue weighted by Gasteiger charge is 2.53. The van der Waals surface area contributed by atoms with Crippen LogP contribution in [0.2, 0.25) is 0 Å². The summed E-state index contributed by atoms with van der Waals surface area (Å²) in [6.07, 6.45) is -0.203. The Morgan fingerprint density at radius 1 is 1.12 bits per heavy atom. The number of benzene rings is 2. The first kappa shape index (κ1) is 25.2. The van der Waals surface area contributed by atoms with Crippen molar-refractivity contribution < 1.29 is 29.1 Å². The van der Waals surface area contributed by atoms with Gasteiger partial charge in [0.15, 0.2) is 5.54 Å². The van der Waals surface area contributed by atoms with E-state index in [0.717, 1.165) is 5.56 Å². The van der Waals surface area contributed by atoms with Crippen LogP contribution in [0.25, 0.3) is 0 Å². The maximum atomic E-state index is 13.2. The van der Waals surface area contributed by atoms with Crippen molar-refractivity contribution in [2.75, 3.05) is 6.54 Å². The van der Waals surface area contributed by atoms with Gasteiger partial charge in [-0.3, -0.25) is 14.5 Å². The highest BCUT2D eigenvalue weighted by molar-refractivity contribution is 5.93. The van der Waals surface area contributed by atoms with Crippen LogP contribution < -0.4 is 11.2 Å². The second-order valence-electron chi connectivity index (χ2n) is 9.33. The number of carboxylic acid groups (broad SMARTS) is 1. The molecule has 0 aliphatic carbocycles. The number of primary amides is 1. The molecule has 2 amide bonds. The van der Waals surface area contributed by atoms with Crippen molar-refractivity contribution in [1.29, 1.82) is 0 Å². The molecule has 1 aliphatic rings. The molecule has 0 bridgehead atoms. The fourth-order valence-corrected chi connectivity index (χ4v) is 4.00. The van der Waals surface area contributed by atoms with Crippen LogP contribution in [-0.2, 0) is 26.5 Å². The minimum absolute atomic E-state index is 0.0492. The Kier molecular flexibility index (Phi) is 7.58. The summed E-state index contributed by atoms with van der Waals surface area (Å²) in [5.74, 6) is -1.81. The van der Waals surface area contributed by atoms with Gasteiger partial charge in [-0.2, -0.15) is 5.48 Å². The van der Waals surface area contributed by atoms with E-state index in [1.807, 2.05) is 30.3 Å². The van der Waals surface area contributed by atoms with Gasteiger partial charge in [0.25, 0.3) is 0 Å². The van der Waals surface area contributed by atoms with Crippen LogP contribution in [0.1, 0.15) is 55.1 Å². The van der Waals surface area contributed by atoms with Gasteiger partial charge in [-0.25, -0.2) is 9.59 Å². The maximum Gasteiger partial charge on any atom is 0.411 e. The summed E-state index contributed by atoms with van der Waals surface area (Å²) in [5, 5.41) is 10.4. The van der Waals surface area contributed by atoms with Gasteiger partial charge in [-0.15, -0.1) is 0 Å². The third-order valence-corrected chi connectivity index (χ3v) is 5.66. The first-order valence-corrected chi connectivity index (χ1v) is 11.1. The normalized spacial score (nSPS) is 20.6. The molecule has 9 nitrogen and oxygen atoms in total. The third-order valence-electron chi connectivity index (χ3n) is 5.66. The van der Waals surface area contributed by atoms with Gasteiger partial charge >= 0.3 is 12.1 Å². The molecule has 2 aromatic rings. The molecule has 2 aromatic carbocycles. The Balaban J connectivity index is 1.87. The number of ether oxygens (including phenoxy) is 1. The lowest BCUT2D eigenvalue weighted by Gasteiger charge is -2.46. The first-order valence-electron chi connectivity index (χ1n) is 11.1. The van der Waals surface area contributed by atoms with E-state index < -0.39 is 29.1 Å². The van der Waals surface area contributed by atoms with E-state index in [0.29, 0.717) is 18.6 Å². The zero-order chi connectivity index (χ0) is 24.9. The zero-order valence-electron chi connectivity index (χ0n) is 19.6. The van der Waals surface area contributed by atoms with Gasteiger partial charge in [0.2, 0.25) is 5.91 Å². The summed E-state index contributed by atoms with van der Waals surface area (Å²) < 4.78 is 5.57. The van der Waals surface area contributed by atoms with Crippen molar-refractivity contribution >= 4 is 18.0 Å². The Morgan fingerprint density at radius 3 is 2.32 bits per heavy atom. The van der Waals surface area contributed by atoms with Gasteiger partial charge < -0.3 is 15.6 Å². The molecule has 0 radical (unpaired) electrons. The predicted molar refractivity (Wildman–Crippen MR) is 125 cm³/mol. The van der Waals surface area contributed by atoms with Gasteiger partial charge in [-0.05, 0) is 56.9 Å². The summed E-state index contributed by atoms with van der Waals surface area (Å²) in [6, 6.07) is 15.2. The molecule has 0 unspecified atom stereocenters. The van der Waals surface area contributed by atoms with E-state index in [1.54, 1.807) is 20.8 Å². The second-order valence-corrected chi connectivity index (χ2v) is 9.33. The van der Waals surface area contributed by atoms with Gasteiger partial charge in [-0.1, -0.05) is 42.5 Å². The standard InChI is InChI=1S/C25H31N3O6/c1-24(2,3)34-23(32)28-15-20(27-33-16-17-7-5-4-6-8-17)13-14-25(28,22(30)31)19-11-9-18(10-12-19)21(26)29/h4-12,20,27H,13-16H2,1-3H3,(H2,26,29)(H,30,31)/t20-,25+/m1/s1. The minimum Gasteiger partial charge on any atom is -0.479 e. The fourth-order valence-electron chi connectivity index (χ4n) is 4.00. The van der Waals surface area contributed by atoms with Crippen molar-refractivity contribution in [2.24, 2.45) is 5.73 Å².